The second kappa shape index (κ2) is 8.63. The second-order valence-electron chi connectivity index (χ2n) is 9.32. The molecule has 1 aliphatic carbocycles. The molecule has 1 fully saturated rings. The lowest BCUT2D eigenvalue weighted by molar-refractivity contribution is 0.0457. The fourth-order valence-corrected chi connectivity index (χ4v) is 6.05. The molecule has 0 aliphatic heterocycles. The molecule has 0 atom stereocenters. The van der Waals surface area contributed by atoms with Crippen molar-refractivity contribution >= 4 is 22.6 Å². The van der Waals surface area contributed by atoms with E-state index in [1.807, 2.05) is 18.2 Å². The summed E-state index contributed by atoms with van der Waals surface area (Å²) in [7, 11) is 0. The van der Waals surface area contributed by atoms with E-state index in [0.717, 1.165) is 40.5 Å². The molecule has 0 spiro atoms. The van der Waals surface area contributed by atoms with E-state index >= 15 is 0 Å². The quantitative estimate of drug-likeness (QED) is 0.226. The maximum atomic E-state index is 11.7. The van der Waals surface area contributed by atoms with Gasteiger partial charge in [-0.15, -0.1) is 0 Å². The highest BCUT2D eigenvalue weighted by Gasteiger charge is 2.43. The van der Waals surface area contributed by atoms with Crippen molar-refractivity contribution in [1.29, 1.82) is 0 Å². The SMILES string of the molecule is OC1(c2cn(C(c3ccccc3)(c3ccccc3)c3ccccc3)c3ncnc(Cl)c23)CCCC1. The van der Waals surface area contributed by atoms with Crippen molar-refractivity contribution in [2.24, 2.45) is 0 Å². The van der Waals surface area contributed by atoms with Crippen molar-refractivity contribution < 1.29 is 5.11 Å². The van der Waals surface area contributed by atoms with E-state index in [0.29, 0.717) is 23.6 Å². The molecule has 1 N–H and O–H groups in total. The Labute approximate surface area is 209 Å². The van der Waals surface area contributed by atoms with E-state index in [1.165, 1.54) is 6.33 Å². The Kier molecular flexibility index (Phi) is 5.43. The van der Waals surface area contributed by atoms with Crippen molar-refractivity contribution in [3.63, 3.8) is 0 Å². The maximum absolute atomic E-state index is 11.7. The highest BCUT2D eigenvalue weighted by molar-refractivity contribution is 6.34. The Bertz CT molecular complexity index is 1360. The topological polar surface area (TPSA) is 50.9 Å². The van der Waals surface area contributed by atoms with Crippen molar-refractivity contribution in [3.8, 4) is 0 Å². The molecule has 0 radical (unpaired) electrons. The molecular formula is C30H26ClN3O. The third kappa shape index (κ3) is 3.40. The lowest BCUT2D eigenvalue weighted by Gasteiger charge is -2.38. The number of aliphatic hydroxyl groups is 1. The average Bonchev–Trinajstić information content (AvgIpc) is 3.53. The Morgan fingerprint density at radius 1 is 0.743 bits per heavy atom. The molecule has 0 bridgehead atoms. The van der Waals surface area contributed by atoms with E-state index in [9.17, 15) is 5.11 Å². The monoisotopic (exact) mass is 479 g/mol. The standard InChI is InChI=1S/C30H26ClN3O/c31-27-26-25(29(35)18-10-11-19-29)20-34(28(26)33-21-32-27)30(22-12-4-1-5-13-22,23-14-6-2-7-15-23)24-16-8-3-9-17-24/h1-9,12-17,20-21,35H,10-11,18-19H2. The first-order valence-corrected chi connectivity index (χ1v) is 12.4. The summed E-state index contributed by atoms with van der Waals surface area (Å²) < 4.78 is 2.20. The molecule has 35 heavy (non-hydrogen) atoms. The first kappa shape index (κ1) is 22.0. The Balaban J connectivity index is 1.80. The van der Waals surface area contributed by atoms with Gasteiger partial charge in [-0.25, -0.2) is 9.97 Å². The number of halogens is 1. The Hall–Kier alpha value is -3.47. The molecular weight excluding hydrogens is 454 g/mol. The van der Waals surface area contributed by atoms with Gasteiger partial charge in [-0.1, -0.05) is 115 Å². The van der Waals surface area contributed by atoms with Gasteiger partial charge in [0.25, 0.3) is 0 Å². The van der Waals surface area contributed by atoms with Gasteiger partial charge in [0.05, 0.1) is 11.0 Å². The van der Waals surface area contributed by atoms with Crippen LogP contribution in [0.15, 0.2) is 104 Å². The van der Waals surface area contributed by atoms with Crippen molar-refractivity contribution in [3.05, 3.63) is 131 Å². The smallest absolute Gasteiger partial charge is 0.146 e. The number of aromatic nitrogens is 3. The van der Waals surface area contributed by atoms with Crippen molar-refractivity contribution in [1.82, 2.24) is 14.5 Å². The predicted molar refractivity (Wildman–Crippen MR) is 140 cm³/mol. The summed E-state index contributed by atoms with van der Waals surface area (Å²) in [5.74, 6) is 0. The minimum absolute atomic E-state index is 0.368. The van der Waals surface area contributed by atoms with Crippen molar-refractivity contribution in [2.45, 2.75) is 36.8 Å². The maximum Gasteiger partial charge on any atom is 0.146 e. The van der Waals surface area contributed by atoms with Crippen LogP contribution in [0.4, 0.5) is 0 Å². The zero-order valence-electron chi connectivity index (χ0n) is 19.3. The van der Waals surface area contributed by atoms with Gasteiger partial charge in [0.2, 0.25) is 0 Å². The average molecular weight is 480 g/mol. The van der Waals surface area contributed by atoms with Crippen LogP contribution in [0.5, 0.6) is 0 Å². The molecule has 3 aromatic carbocycles. The fraction of sp³-hybridized carbons (Fsp3) is 0.200. The third-order valence-corrected chi connectivity index (χ3v) is 7.69. The van der Waals surface area contributed by atoms with E-state index in [4.69, 9.17) is 16.6 Å². The lowest BCUT2D eigenvalue weighted by Crippen LogP contribution is -2.37. The summed E-state index contributed by atoms with van der Waals surface area (Å²) in [5.41, 5.74) is 3.09. The van der Waals surface area contributed by atoms with Gasteiger partial charge in [-0.05, 0) is 29.5 Å². The van der Waals surface area contributed by atoms with Crippen LogP contribution in [0, 0.1) is 0 Å². The summed E-state index contributed by atoms with van der Waals surface area (Å²) in [6, 6.07) is 31.4. The van der Waals surface area contributed by atoms with Gasteiger partial charge in [0, 0.05) is 11.8 Å². The highest BCUT2D eigenvalue weighted by atomic mass is 35.5. The van der Waals surface area contributed by atoms with Gasteiger partial charge < -0.3 is 9.67 Å². The number of benzene rings is 3. The van der Waals surface area contributed by atoms with E-state index in [2.05, 4.69) is 88.5 Å². The van der Waals surface area contributed by atoms with Crippen LogP contribution in [-0.2, 0) is 11.1 Å². The molecule has 6 rings (SSSR count). The molecule has 2 aromatic heterocycles. The van der Waals surface area contributed by atoms with Crippen LogP contribution in [0.2, 0.25) is 5.15 Å². The summed E-state index contributed by atoms with van der Waals surface area (Å²) in [6.07, 6.45) is 6.95. The molecule has 5 heteroatoms. The van der Waals surface area contributed by atoms with Crippen LogP contribution in [0.1, 0.15) is 47.9 Å². The first-order chi connectivity index (χ1) is 17.1. The molecule has 174 valence electrons. The number of fused-ring (bicyclic) bond motifs is 1. The summed E-state index contributed by atoms with van der Waals surface area (Å²) in [4.78, 5) is 9.08. The van der Waals surface area contributed by atoms with Crippen LogP contribution in [0.25, 0.3) is 11.0 Å². The second-order valence-corrected chi connectivity index (χ2v) is 9.68. The van der Waals surface area contributed by atoms with Crippen LogP contribution in [-0.4, -0.2) is 19.6 Å². The highest BCUT2D eigenvalue weighted by Crippen LogP contribution is 2.48. The molecule has 0 amide bonds. The van der Waals surface area contributed by atoms with Gasteiger partial charge in [0.1, 0.15) is 22.7 Å². The largest absolute Gasteiger partial charge is 0.385 e. The first-order valence-electron chi connectivity index (χ1n) is 12.1. The number of hydrogen-bond donors (Lipinski definition) is 1. The zero-order valence-corrected chi connectivity index (χ0v) is 20.1. The van der Waals surface area contributed by atoms with Crippen LogP contribution in [0.3, 0.4) is 0 Å². The molecule has 2 heterocycles. The van der Waals surface area contributed by atoms with Crippen LogP contribution < -0.4 is 0 Å². The van der Waals surface area contributed by atoms with Gasteiger partial charge in [-0.3, -0.25) is 0 Å². The Morgan fingerprint density at radius 2 is 1.23 bits per heavy atom. The Morgan fingerprint density at radius 3 is 1.71 bits per heavy atom. The normalized spacial score (nSPS) is 15.5. The number of rotatable bonds is 5. The van der Waals surface area contributed by atoms with Gasteiger partial charge >= 0.3 is 0 Å². The van der Waals surface area contributed by atoms with E-state index in [-0.39, 0.29) is 0 Å². The summed E-state index contributed by atoms with van der Waals surface area (Å²) >= 11 is 6.73. The molecule has 4 nitrogen and oxygen atoms in total. The number of hydrogen-bond acceptors (Lipinski definition) is 3. The summed E-state index contributed by atoms with van der Waals surface area (Å²) in [6.45, 7) is 0. The minimum Gasteiger partial charge on any atom is -0.385 e. The van der Waals surface area contributed by atoms with E-state index in [1.54, 1.807) is 0 Å². The van der Waals surface area contributed by atoms with Crippen LogP contribution >= 0.6 is 11.6 Å². The molecule has 1 saturated carbocycles. The summed E-state index contributed by atoms with van der Waals surface area (Å²) in [5, 5.41) is 12.8. The predicted octanol–water partition coefficient (Wildman–Crippen LogP) is 6.69. The van der Waals surface area contributed by atoms with Crippen molar-refractivity contribution in [2.75, 3.05) is 0 Å². The zero-order chi connectivity index (χ0) is 23.9. The minimum atomic E-state index is -0.951. The van der Waals surface area contributed by atoms with E-state index < -0.39 is 11.1 Å². The van der Waals surface area contributed by atoms with Gasteiger partial charge in [-0.2, -0.15) is 0 Å². The van der Waals surface area contributed by atoms with Gasteiger partial charge in [0.15, 0.2) is 0 Å². The molecule has 0 saturated heterocycles. The molecule has 1 aliphatic rings. The molecule has 0 unspecified atom stereocenters. The molecule has 5 aromatic rings. The lowest BCUT2D eigenvalue weighted by atomic mass is 9.76. The number of nitrogens with zero attached hydrogens (tertiary/aromatic N) is 3. The fourth-order valence-electron chi connectivity index (χ4n) is 5.82. The third-order valence-electron chi connectivity index (χ3n) is 7.40.